The first kappa shape index (κ1) is 7.63. The summed E-state index contributed by atoms with van der Waals surface area (Å²) in [5, 5.41) is 3.12. The van der Waals surface area contributed by atoms with Crippen molar-refractivity contribution in [1.29, 1.82) is 0 Å². The maximum absolute atomic E-state index is 9.75. The molecule has 0 aromatic rings. The molecule has 0 spiro atoms. The third kappa shape index (κ3) is 5.63. The molecule has 0 fully saturated rings. The van der Waals surface area contributed by atoms with Crippen LogP contribution >= 0.6 is 0 Å². The molecule has 0 aliphatic heterocycles. The molecule has 0 heterocycles. The van der Waals surface area contributed by atoms with E-state index in [2.05, 4.69) is 19.2 Å². The van der Waals surface area contributed by atoms with Crippen molar-refractivity contribution in [2.45, 2.75) is 26.3 Å². The molecular weight excluding hydrogens is 102 g/mol. The van der Waals surface area contributed by atoms with E-state index < -0.39 is 0 Å². The van der Waals surface area contributed by atoms with Crippen molar-refractivity contribution >= 4 is 6.29 Å². The fourth-order valence-corrected chi connectivity index (χ4v) is 0.431. The highest BCUT2D eigenvalue weighted by molar-refractivity contribution is 5.49. The van der Waals surface area contributed by atoms with Crippen LogP contribution in [0.4, 0.5) is 0 Å². The number of nitrogens with one attached hydrogen (secondary N) is 1. The van der Waals surface area contributed by atoms with Gasteiger partial charge in [0.1, 0.15) is 6.29 Å². The zero-order chi connectivity index (χ0) is 6.41. The Bertz CT molecular complexity index is 61.5. The van der Waals surface area contributed by atoms with Gasteiger partial charge in [-0.3, -0.25) is 0 Å². The maximum Gasteiger partial charge on any atom is 0.121 e. The van der Waals surface area contributed by atoms with Gasteiger partial charge in [-0.1, -0.05) is 13.8 Å². The number of rotatable bonds is 4. The summed E-state index contributed by atoms with van der Waals surface area (Å²) < 4.78 is 0. The summed E-state index contributed by atoms with van der Waals surface area (Å²) in [5.41, 5.74) is 0. The highest BCUT2D eigenvalue weighted by Crippen LogP contribution is 1.75. The fourth-order valence-electron chi connectivity index (χ4n) is 0.431. The van der Waals surface area contributed by atoms with E-state index in [9.17, 15) is 4.79 Å². The monoisotopic (exact) mass is 115 g/mol. The molecular formula is C6H13NO. The van der Waals surface area contributed by atoms with Gasteiger partial charge in [-0.15, -0.1) is 0 Å². The first-order valence-electron chi connectivity index (χ1n) is 2.94. The van der Waals surface area contributed by atoms with Crippen LogP contribution in [0.1, 0.15) is 20.3 Å². The summed E-state index contributed by atoms with van der Waals surface area (Å²) >= 11 is 0. The highest BCUT2D eigenvalue weighted by atomic mass is 16.1. The van der Waals surface area contributed by atoms with Crippen LogP contribution in [-0.2, 0) is 4.79 Å². The Morgan fingerprint density at radius 2 is 2.25 bits per heavy atom. The van der Waals surface area contributed by atoms with Crippen molar-refractivity contribution in [3.63, 3.8) is 0 Å². The summed E-state index contributed by atoms with van der Waals surface area (Å²) in [6.45, 7) is 4.93. The normalized spacial score (nSPS) is 9.88. The molecule has 0 aromatic heterocycles. The van der Waals surface area contributed by atoms with Gasteiger partial charge in [0.2, 0.25) is 0 Å². The van der Waals surface area contributed by atoms with E-state index >= 15 is 0 Å². The largest absolute Gasteiger partial charge is 0.314 e. The van der Waals surface area contributed by atoms with Crippen LogP contribution in [0.5, 0.6) is 0 Å². The lowest BCUT2D eigenvalue weighted by atomic mass is 10.4. The van der Waals surface area contributed by atoms with Gasteiger partial charge in [-0.2, -0.15) is 0 Å². The molecule has 0 amide bonds. The van der Waals surface area contributed by atoms with E-state index in [1.807, 2.05) is 0 Å². The highest BCUT2D eigenvalue weighted by Gasteiger charge is 1.87. The predicted molar refractivity (Wildman–Crippen MR) is 33.8 cm³/mol. The summed E-state index contributed by atoms with van der Waals surface area (Å²) in [6, 6.07) is 0.495. The zero-order valence-electron chi connectivity index (χ0n) is 5.48. The number of carbonyl (C=O) groups excluding carboxylic acids is 1. The molecule has 0 saturated heterocycles. The van der Waals surface area contributed by atoms with E-state index in [1.165, 1.54) is 0 Å². The Labute approximate surface area is 50.3 Å². The Kier molecular flexibility index (Phi) is 4.56. The minimum atomic E-state index is 0.495. The Morgan fingerprint density at radius 3 is 2.62 bits per heavy atom. The molecule has 0 unspecified atom stereocenters. The molecule has 0 saturated carbocycles. The van der Waals surface area contributed by atoms with Gasteiger partial charge in [-0.25, -0.2) is 0 Å². The van der Waals surface area contributed by atoms with E-state index in [0.29, 0.717) is 12.5 Å². The Morgan fingerprint density at radius 1 is 1.62 bits per heavy atom. The van der Waals surface area contributed by atoms with Gasteiger partial charge in [0, 0.05) is 19.0 Å². The smallest absolute Gasteiger partial charge is 0.121 e. The maximum atomic E-state index is 9.75. The first-order valence-corrected chi connectivity index (χ1v) is 2.94. The molecule has 0 aromatic carbocycles. The summed E-state index contributed by atoms with van der Waals surface area (Å²) in [6.07, 6.45) is 1.55. The molecule has 48 valence electrons. The van der Waals surface area contributed by atoms with E-state index in [1.54, 1.807) is 0 Å². The number of aldehydes is 1. The number of hydrogen-bond acceptors (Lipinski definition) is 2. The van der Waals surface area contributed by atoms with Crippen LogP contribution in [0.15, 0.2) is 0 Å². The average molecular weight is 115 g/mol. The second-order valence-corrected chi connectivity index (χ2v) is 2.06. The summed E-state index contributed by atoms with van der Waals surface area (Å²) in [7, 11) is 0. The van der Waals surface area contributed by atoms with Gasteiger partial charge in [-0.05, 0) is 0 Å². The van der Waals surface area contributed by atoms with Crippen molar-refractivity contribution < 1.29 is 4.79 Å². The van der Waals surface area contributed by atoms with Crippen molar-refractivity contribution in [1.82, 2.24) is 5.32 Å². The summed E-state index contributed by atoms with van der Waals surface area (Å²) in [4.78, 5) is 9.75. The SMILES string of the molecule is CC(C)NCCC=O. The Hall–Kier alpha value is -0.370. The topological polar surface area (TPSA) is 29.1 Å². The van der Waals surface area contributed by atoms with Crippen LogP contribution in [0, 0.1) is 0 Å². The van der Waals surface area contributed by atoms with Gasteiger partial charge in [0.05, 0.1) is 0 Å². The molecule has 0 bridgehead atoms. The van der Waals surface area contributed by atoms with E-state index in [4.69, 9.17) is 0 Å². The standard InChI is InChI=1S/C6H13NO/c1-6(2)7-4-3-5-8/h5-7H,3-4H2,1-2H3. The van der Waals surface area contributed by atoms with Gasteiger partial charge >= 0.3 is 0 Å². The van der Waals surface area contributed by atoms with Gasteiger partial charge in [0.15, 0.2) is 0 Å². The lowest BCUT2D eigenvalue weighted by molar-refractivity contribution is -0.107. The molecule has 0 rings (SSSR count). The van der Waals surface area contributed by atoms with Crippen LogP contribution < -0.4 is 5.32 Å². The molecule has 1 N–H and O–H groups in total. The third-order valence-corrected chi connectivity index (χ3v) is 0.815. The van der Waals surface area contributed by atoms with Crippen molar-refractivity contribution in [3.8, 4) is 0 Å². The first-order chi connectivity index (χ1) is 3.77. The van der Waals surface area contributed by atoms with Crippen molar-refractivity contribution in [2.75, 3.05) is 6.54 Å². The van der Waals surface area contributed by atoms with E-state index in [0.717, 1.165) is 12.8 Å². The minimum Gasteiger partial charge on any atom is -0.314 e. The lowest BCUT2D eigenvalue weighted by Crippen LogP contribution is -2.23. The number of hydrogen-bond donors (Lipinski definition) is 1. The van der Waals surface area contributed by atoms with E-state index in [-0.39, 0.29) is 0 Å². The fraction of sp³-hybridized carbons (Fsp3) is 0.833. The van der Waals surface area contributed by atoms with Gasteiger partial charge < -0.3 is 10.1 Å². The van der Waals surface area contributed by atoms with Crippen LogP contribution in [-0.4, -0.2) is 18.9 Å². The second kappa shape index (κ2) is 4.78. The van der Waals surface area contributed by atoms with Gasteiger partial charge in [0.25, 0.3) is 0 Å². The third-order valence-electron chi connectivity index (χ3n) is 0.815. The lowest BCUT2D eigenvalue weighted by Gasteiger charge is -2.03. The molecule has 8 heavy (non-hydrogen) atoms. The van der Waals surface area contributed by atoms with Crippen molar-refractivity contribution in [3.05, 3.63) is 0 Å². The predicted octanol–water partition coefficient (Wildman–Crippen LogP) is 0.573. The zero-order valence-corrected chi connectivity index (χ0v) is 5.48. The second-order valence-electron chi connectivity index (χ2n) is 2.06. The van der Waals surface area contributed by atoms with Crippen LogP contribution in [0.3, 0.4) is 0 Å². The molecule has 0 aliphatic carbocycles. The number of carbonyl (C=O) groups is 1. The quantitative estimate of drug-likeness (QED) is 0.429. The van der Waals surface area contributed by atoms with Crippen LogP contribution in [0.2, 0.25) is 0 Å². The van der Waals surface area contributed by atoms with Crippen molar-refractivity contribution in [2.24, 2.45) is 0 Å². The molecule has 2 heteroatoms. The average Bonchev–Trinajstić information content (AvgIpc) is 1.66. The molecule has 0 aliphatic rings. The summed E-state index contributed by atoms with van der Waals surface area (Å²) in [5.74, 6) is 0. The molecule has 2 nitrogen and oxygen atoms in total. The van der Waals surface area contributed by atoms with Crippen LogP contribution in [0.25, 0.3) is 0 Å². The molecule has 0 atom stereocenters. The minimum absolute atomic E-state index is 0.495. The molecule has 0 radical (unpaired) electrons. The Balaban J connectivity index is 2.81.